The number of pyridine rings is 1. The molecule has 25 heavy (non-hydrogen) atoms. The number of aliphatic carboxylic acids is 1. The minimum Gasteiger partial charge on any atom is -0.506 e. The summed E-state index contributed by atoms with van der Waals surface area (Å²) < 4.78 is 6.81. The number of hydrogen-bond donors (Lipinski definition) is 2. The molecular weight excluding hydrogens is 324 g/mol. The highest BCUT2D eigenvalue weighted by Crippen LogP contribution is 2.17. The van der Waals surface area contributed by atoms with E-state index in [0.717, 1.165) is 6.21 Å². The number of aliphatic imine (C=N–C) groups is 1. The van der Waals surface area contributed by atoms with Crippen LogP contribution in [0.3, 0.4) is 0 Å². The van der Waals surface area contributed by atoms with Gasteiger partial charge in [-0.2, -0.15) is 5.10 Å². The number of hydrogen-bond acceptors (Lipinski definition) is 6. The van der Waals surface area contributed by atoms with Crippen LogP contribution in [0.4, 0.5) is 5.82 Å². The van der Waals surface area contributed by atoms with Crippen LogP contribution in [0.2, 0.25) is 0 Å². The van der Waals surface area contributed by atoms with Crippen molar-refractivity contribution >= 4 is 23.8 Å². The summed E-state index contributed by atoms with van der Waals surface area (Å²) in [7, 11) is 0. The molecule has 0 aromatic carbocycles. The van der Waals surface area contributed by atoms with Gasteiger partial charge in [0, 0.05) is 30.2 Å². The fraction of sp³-hybridized carbons (Fsp3) is 0.0588. The van der Waals surface area contributed by atoms with Crippen LogP contribution in [0.25, 0.3) is 5.76 Å². The molecule has 3 heterocycles. The highest BCUT2D eigenvalue weighted by Gasteiger charge is 2.14. The van der Waals surface area contributed by atoms with E-state index in [9.17, 15) is 15.0 Å². The minimum absolute atomic E-state index is 0.287. The van der Waals surface area contributed by atoms with E-state index >= 15 is 0 Å². The highest BCUT2D eigenvalue weighted by molar-refractivity contribution is 6.14. The minimum atomic E-state index is -1.30. The Morgan fingerprint density at radius 2 is 2.12 bits per heavy atom. The average molecular weight is 338 g/mol. The molecule has 126 valence electrons. The molecule has 3 aromatic heterocycles. The van der Waals surface area contributed by atoms with Crippen LogP contribution in [0.15, 0.2) is 70.2 Å². The lowest BCUT2D eigenvalue weighted by atomic mass is 10.1. The Bertz CT molecular complexity index is 911. The monoisotopic (exact) mass is 338 g/mol. The first-order valence-corrected chi connectivity index (χ1v) is 7.30. The first-order chi connectivity index (χ1) is 12.1. The van der Waals surface area contributed by atoms with Gasteiger partial charge in [0.25, 0.3) is 0 Å². The summed E-state index contributed by atoms with van der Waals surface area (Å²) in [5.74, 6) is -0.606. The third-order valence-corrected chi connectivity index (χ3v) is 3.33. The normalized spacial score (nSPS) is 12.3. The van der Waals surface area contributed by atoms with E-state index in [0.29, 0.717) is 18.1 Å². The molecule has 8 heteroatoms. The van der Waals surface area contributed by atoms with Crippen molar-refractivity contribution in [2.75, 3.05) is 0 Å². The van der Waals surface area contributed by atoms with Crippen molar-refractivity contribution in [3.63, 3.8) is 0 Å². The number of aromatic nitrogens is 3. The summed E-state index contributed by atoms with van der Waals surface area (Å²) in [5, 5.41) is 23.7. The Morgan fingerprint density at radius 1 is 1.24 bits per heavy atom. The van der Waals surface area contributed by atoms with Gasteiger partial charge in [-0.05, 0) is 24.3 Å². The van der Waals surface area contributed by atoms with Crippen molar-refractivity contribution < 1.29 is 19.4 Å². The molecule has 0 saturated heterocycles. The molecule has 0 saturated carbocycles. The predicted molar refractivity (Wildman–Crippen MR) is 89.6 cm³/mol. The molecule has 0 atom stereocenters. The van der Waals surface area contributed by atoms with Gasteiger partial charge >= 0.3 is 5.97 Å². The van der Waals surface area contributed by atoms with Crippen LogP contribution in [0.5, 0.6) is 0 Å². The summed E-state index contributed by atoms with van der Waals surface area (Å²) >= 11 is 0. The second-order valence-corrected chi connectivity index (χ2v) is 4.99. The van der Waals surface area contributed by atoms with Gasteiger partial charge in [0.05, 0.1) is 12.5 Å². The molecule has 0 spiro atoms. The topological polar surface area (TPSA) is 114 Å². The number of carboxylic acid groups (broad SMARTS) is 1. The fourth-order valence-corrected chi connectivity index (χ4v) is 2.11. The molecule has 0 aliphatic rings. The van der Waals surface area contributed by atoms with Gasteiger partial charge in [-0.3, -0.25) is 4.98 Å². The Kier molecular flexibility index (Phi) is 4.70. The maximum Gasteiger partial charge on any atom is 0.341 e. The molecule has 8 nitrogen and oxygen atoms in total. The van der Waals surface area contributed by atoms with Crippen LogP contribution in [0.1, 0.15) is 11.3 Å². The average Bonchev–Trinajstić information content (AvgIpc) is 3.28. The van der Waals surface area contributed by atoms with Gasteiger partial charge in [0.1, 0.15) is 23.6 Å². The SMILES string of the molecule is O=C(O)C(C=Nc1ccnn1Cc1ccco1)=C(O)c1cccnc1. The number of carbonyl (C=O) groups is 1. The van der Waals surface area contributed by atoms with Gasteiger partial charge in [-0.25, -0.2) is 14.5 Å². The second kappa shape index (κ2) is 7.26. The lowest BCUT2D eigenvalue weighted by Gasteiger charge is -2.04. The maximum absolute atomic E-state index is 11.4. The van der Waals surface area contributed by atoms with Crippen molar-refractivity contribution in [2.45, 2.75) is 6.54 Å². The zero-order valence-corrected chi connectivity index (χ0v) is 13.0. The van der Waals surface area contributed by atoms with E-state index in [1.54, 1.807) is 47.5 Å². The number of rotatable bonds is 6. The Balaban J connectivity index is 1.89. The lowest BCUT2D eigenvalue weighted by molar-refractivity contribution is -0.132. The van der Waals surface area contributed by atoms with Crippen LogP contribution in [-0.4, -0.2) is 37.2 Å². The Labute approximate surface area is 142 Å². The van der Waals surface area contributed by atoms with E-state index < -0.39 is 11.7 Å². The molecule has 3 rings (SSSR count). The summed E-state index contributed by atoms with van der Waals surface area (Å²) in [5.41, 5.74) is -0.0609. The largest absolute Gasteiger partial charge is 0.506 e. The smallest absolute Gasteiger partial charge is 0.341 e. The third-order valence-electron chi connectivity index (χ3n) is 3.33. The van der Waals surface area contributed by atoms with Gasteiger partial charge in [-0.15, -0.1) is 0 Å². The van der Waals surface area contributed by atoms with Crippen LogP contribution in [0, 0.1) is 0 Å². The van der Waals surface area contributed by atoms with Gasteiger partial charge in [0.2, 0.25) is 0 Å². The summed E-state index contributed by atoms with van der Waals surface area (Å²) in [6, 6.07) is 8.34. The molecule has 2 N–H and O–H groups in total. The molecule has 3 aromatic rings. The first-order valence-electron chi connectivity index (χ1n) is 7.30. The summed E-state index contributed by atoms with van der Waals surface area (Å²) in [6.45, 7) is 0.355. The number of nitrogens with zero attached hydrogens (tertiary/aromatic N) is 4. The fourth-order valence-electron chi connectivity index (χ4n) is 2.11. The molecular formula is C17H14N4O4. The van der Waals surface area contributed by atoms with E-state index in [2.05, 4.69) is 15.1 Å². The number of aliphatic hydroxyl groups is 1. The van der Waals surface area contributed by atoms with Crippen LogP contribution >= 0.6 is 0 Å². The second-order valence-electron chi connectivity index (χ2n) is 4.99. The van der Waals surface area contributed by atoms with E-state index in [1.165, 1.54) is 12.4 Å². The van der Waals surface area contributed by atoms with Gasteiger partial charge in [-0.1, -0.05) is 0 Å². The van der Waals surface area contributed by atoms with Crippen molar-refractivity contribution in [3.8, 4) is 0 Å². The number of aliphatic hydroxyl groups excluding tert-OH is 1. The van der Waals surface area contributed by atoms with Crippen molar-refractivity contribution in [1.29, 1.82) is 0 Å². The van der Waals surface area contributed by atoms with Crippen molar-refractivity contribution in [1.82, 2.24) is 14.8 Å². The first kappa shape index (κ1) is 16.2. The zero-order valence-electron chi connectivity index (χ0n) is 13.0. The van der Waals surface area contributed by atoms with E-state index in [-0.39, 0.29) is 11.1 Å². The molecule has 0 aliphatic carbocycles. The van der Waals surface area contributed by atoms with Crippen molar-refractivity contribution in [2.24, 2.45) is 4.99 Å². The highest BCUT2D eigenvalue weighted by atomic mass is 16.4. The molecule has 0 amide bonds. The van der Waals surface area contributed by atoms with E-state index in [1.807, 2.05) is 0 Å². The molecule has 0 fully saturated rings. The lowest BCUT2D eigenvalue weighted by Crippen LogP contribution is -2.06. The Morgan fingerprint density at radius 3 is 2.80 bits per heavy atom. The third kappa shape index (κ3) is 3.81. The van der Waals surface area contributed by atoms with Crippen molar-refractivity contribution in [3.05, 3.63) is 72.1 Å². The predicted octanol–water partition coefficient (Wildman–Crippen LogP) is 2.68. The van der Waals surface area contributed by atoms with Gasteiger partial charge in [0.15, 0.2) is 5.82 Å². The molecule has 0 bridgehead atoms. The van der Waals surface area contributed by atoms with Gasteiger partial charge < -0.3 is 14.6 Å². The Hall–Kier alpha value is -3.68. The molecule has 0 unspecified atom stereocenters. The van der Waals surface area contributed by atoms with E-state index in [4.69, 9.17) is 4.42 Å². The number of furan rings is 1. The van der Waals surface area contributed by atoms with Crippen LogP contribution in [-0.2, 0) is 11.3 Å². The molecule has 0 aliphatic heterocycles. The zero-order chi connectivity index (χ0) is 17.6. The van der Waals surface area contributed by atoms with Crippen LogP contribution < -0.4 is 0 Å². The summed E-state index contributed by atoms with van der Waals surface area (Å²) in [4.78, 5) is 19.4. The number of carboxylic acids is 1. The summed E-state index contributed by atoms with van der Waals surface area (Å²) in [6.07, 6.45) is 7.08. The quantitative estimate of drug-likeness (QED) is 0.406. The molecule has 0 radical (unpaired) electrons. The maximum atomic E-state index is 11.4. The standard InChI is InChI=1S/C17H14N4O4/c22-16(12-3-1-6-18-9-12)14(17(23)24)10-19-15-5-7-20-21(15)11-13-4-2-8-25-13/h1-10,22H,11H2,(H,23,24).